The second-order valence-corrected chi connectivity index (χ2v) is 5.89. The molecule has 0 bridgehead atoms. The molecule has 2 N–H and O–H groups in total. The lowest BCUT2D eigenvalue weighted by molar-refractivity contribution is -0.141. The SMILES string of the molecule is O=C(O)COC/C=C\CN1C(=O)CC[C@@H]1/C=C/CCCCCCO. The minimum absolute atomic E-state index is 0.152. The van der Waals surface area contributed by atoms with Crippen molar-refractivity contribution in [2.45, 2.75) is 51.0 Å². The molecule has 1 aliphatic heterocycles. The fraction of sp³-hybridized carbons (Fsp3) is 0.667. The number of hydrogen-bond donors (Lipinski definition) is 2. The van der Waals surface area contributed by atoms with Gasteiger partial charge in [-0.05, 0) is 25.7 Å². The van der Waals surface area contributed by atoms with E-state index in [9.17, 15) is 9.59 Å². The van der Waals surface area contributed by atoms with Crippen molar-refractivity contribution in [3.8, 4) is 0 Å². The van der Waals surface area contributed by atoms with E-state index in [-0.39, 0.29) is 31.8 Å². The van der Waals surface area contributed by atoms with E-state index in [0.29, 0.717) is 13.0 Å². The van der Waals surface area contributed by atoms with E-state index in [4.69, 9.17) is 14.9 Å². The van der Waals surface area contributed by atoms with Crippen LogP contribution < -0.4 is 0 Å². The minimum atomic E-state index is -0.986. The standard InChI is InChI=1S/C18H29NO5/c20-13-7-4-2-1-3-5-9-16-10-11-17(21)19(16)12-6-8-14-24-15-18(22)23/h5-6,8-9,16,20H,1-4,7,10-15H2,(H,22,23)/b8-6-,9-5+/t16-/m0/s1. The fourth-order valence-electron chi connectivity index (χ4n) is 2.64. The number of aliphatic hydroxyl groups excluding tert-OH is 1. The van der Waals surface area contributed by atoms with E-state index in [0.717, 1.165) is 38.5 Å². The Kier molecular flexibility index (Phi) is 10.8. The van der Waals surface area contributed by atoms with Crippen LogP contribution in [0.5, 0.6) is 0 Å². The van der Waals surface area contributed by atoms with Gasteiger partial charge in [-0.25, -0.2) is 4.79 Å². The molecule has 0 aromatic rings. The topological polar surface area (TPSA) is 87.1 Å². The predicted molar refractivity (Wildman–Crippen MR) is 91.6 cm³/mol. The van der Waals surface area contributed by atoms with Crippen molar-refractivity contribution in [2.75, 3.05) is 26.4 Å². The molecule has 1 rings (SSSR count). The number of unbranched alkanes of at least 4 members (excludes halogenated alkanes) is 4. The van der Waals surface area contributed by atoms with Crippen LogP contribution in [0.1, 0.15) is 44.9 Å². The zero-order valence-corrected chi connectivity index (χ0v) is 14.2. The van der Waals surface area contributed by atoms with Crippen molar-refractivity contribution in [2.24, 2.45) is 0 Å². The number of likely N-dealkylation sites (tertiary alicyclic amines) is 1. The molecule has 0 aliphatic carbocycles. The summed E-state index contributed by atoms with van der Waals surface area (Å²) in [5.74, 6) is -0.830. The van der Waals surface area contributed by atoms with E-state index in [2.05, 4.69) is 12.2 Å². The summed E-state index contributed by atoms with van der Waals surface area (Å²) in [6.45, 7) is 0.726. The predicted octanol–water partition coefficient (Wildman–Crippen LogP) is 2.13. The Balaban J connectivity index is 2.24. The van der Waals surface area contributed by atoms with Gasteiger partial charge in [0, 0.05) is 19.6 Å². The van der Waals surface area contributed by atoms with Crippen molar-refractivity contribution in [3.05, 3.63) is 24.3 Å². The van der Waals surface area contributed by atoms with Gasteiger partial charge in [0.05, 0.1) is 12.6 Å². The second kappa shape index (κ2) is 12.7. The lowest BCUT2D eigenvalue weighted by atomic mass is 10.1. The summed E-state index contributed by atoms with van der Waals surface area (Å²) in [6, 6.07) is 0.152. The van der Waals surface area contributed by atoms with Crippen LogP contribution in [0.4, 0.5) is 0 Å². The third kappa shape index (κ3) is 8.84. The molecular weight excluding hydrogens is 310 g/mol. The molecule has 1 amide bonds. The maximum atomic E-state index is 11.9. The number of hydrogen-bond acceptors (Lipinski definition) is 4. The van der Waals surface area contributed by atoms with E-state index in [1.165, 1.54) is 0 Å². The average Bonchev–Trinajstić information content (AvgIpc) is 2.90. The molecule has 0 unspecified atom stereocenters. The zero-order chi connectivity index (χ0) is 17.6. The quantitative estimate of drug-likeness (QED) is 0.396. The minimum Gasteiger partial charge on any atom is -0.480 e. The number of ether oxygens (including phenoxy) is 1. The Bertz CT molecular complexity index is 433. The number of aliphatic carboxylic acids is 1. The zero-order valence-electron chi connectivity index (χ0n) is 14.2. The Morgan fingerprint density at radius 3 is 2.75 bits per heavy atom. The van der Waals surface area contributed by atoms with Crippen LogP contribution in [0.15, 0.2) is 24.3 Å². The third-order valence-electron chi connectivity index (χ3n) is 3.92. The molecule has 1 fully saturated rings. The molecule has 0 radical (unpaired) electrons. The van der Waals surface area contributed by atoms with Gasteiger partial charge in [-0.1, -0.05) is 37.1 Å². The first-order valence-corrected chi connectivity index (χ1v) is 8.66. The molecule has 6 heteroatoms. The van der Waals surface area contributed by atoms with Crippen LogP contribution >= 0.6 is 0 Å². The highest BCUT2D eigenvalue weighted by atomic mass is 16.5. The van der Waals surface area contributed by atoms with Crippen LogP contribution in [-0.2, 0) is 14.3 Å². The van der Waals surface area contributed by atoms with E-state index >= 15 is 0 Å². The average molecular weight is 339 g/mol. The first-order valence-electron chi connectivity index (χ1n) is 8.66. The number of amides is 1. The van der Waals surface area contributed by atoms with Gasteiger partial charge < -0.3 is 19.8 Å². The smallest absolute Gasteiger partial charge is 0.329 e. The van der Waals surface area contributed by atoms with Gasteiger partial charge in [0.25, 0.3) is 0 Å². The van der Waals surface area contributed by atoms with Gasteiger partial charge in [0.2, 0.25) is 5.91 Å². The molecule has 1 heterocycles. The fourth-order valence-corrected chi connectivity index (χ4v) is 2.64. The number of carbonyl (C=O) groups is 2. The molecular formula is C18H29NO5. The van der Waals surface area contributed by atoms with E-state index < -0.39 is 5.97 Å². The Morgan fingerprint density at radius 2 is 2.00 bits per heavy atom. The first-order chi connectivity index (χ1) is 11.6. The highest BCUT2D eigenvalue weighted by Gasteiger charge is 2.27. The molecule has 0 spiro atoms. The largest absolute Gasteiger partial charge is 0.480 e. The van der Waals surface area contributed by atoms with Gasteiger partial charge in [0.15, 0.2) is 0 Å². The van der Waals surface area contributed by atoms with Crippen LogP contribution in [0.3, 0.4) is 0 Å². The monoisotopic (exact) mass is 339 g/mol. The molecule has 0 saturated carbocycles. The van der Waals surface area contributed by atoms with Gasteiger partial charge >= 0.3 is 5.97 Å². The van der Waals surface area contributed by atoms with Gasteiger partial charge in [-0.15, -0.1) is 0 Å². The van der Waals surface area contributed by atoms with Gasteiger partial charge in [-0.3, -0.25) is 4.79 Å². The number of carboxylic acids is 1. The van der Waals surface area contributed by atoms with Crippen molar-refractivity contribution < 1.29 is 24.5 Å². The Hall–Kier alpha value is -1.66. The molecule has 136 valence electrons. The van der Waals surface area contributed by atoms with Crippen molar-refractivity contribution in [1.29, 1.82) is 0 Å². The molecule has 0 aromatic carbocycles. The summed E-state index contributed by atoms with van der Waals surface area (Å²) in [5.41, 5.74) is 0. The number of carboxylic acid groups (broad SMARTS) is 1. The Labute approximate surface area is 143 Å². The van der Waals surface area contributed by atoms with Crippen LogP contribution in [0.2, 0.25) is 0 Å². The molecule has 1 saturated heterocycles. The van der Waals surface area contributed by atoms with Crippen molar-refractivity contribution >= 4 is 11.9 Å². The second-order valence-electron chi connectivity index (χ2n) is 5.89. The highest BCUT2D eigenvalue weighted by Crippen LogP contribution is 2.20. The summed E-state index contributed by atoms with van der Waals surface area (Å²) in [4.78, 5) is 24.1. The lowest BCUT2D eigenvalue weighted by Crippen LogP contribution is -2.31. The summed E-state index contributed by atoms with van der Waals surface area (Å²) < 4.78 is 4.91. The summed E-state index contributed by atoms with van der Waals surface area (Å²) in [7, 11) is 0. The van der Waals surface area contributed by atoms with Crippen LogP contribution in [0.25, 0.3) is 0 Å². The van der Waals surface area contributed by atoms with Gasteiger partial charge in [-0.2, -0.15) is 0 Å². The summed E-state index contributed by atoms with van der Waals surface area (Å²) in [6.07, 6.45) is 14.5. The lowest BCUT2D eigenvalue weighted by Gasteiger charge is -2.20. The maximum Gasteiger partial charge on any atom is 0.329 e. The number of carbonyl (C=O) groups excluding carboxylic acids is 1. The molecule has 1 atom stereocenters. The first kappa shape index (κ1) is 20.4. The maximum absolute atomic E-state index is 11.9. The van der Waals surface area contributed by atoms with E-state index in [1.54, 1.807) is 6.08 Å². The van der Waals surface area contributed by atoms with Crippen LogP contribution in [-0.4, -0.2) is 59.4 Å². The van der Waals surface area contributed by atoms with Gasteiger partial charge in [0.1, 0.15) is 6.61 Å². The highest BCUT2D eigenvalue weighted by molar-refractivity contribution is 5.79. The third-order valence-corrected chi connectivity index (χ3v) is 3.92. The number of allylic oxidation sites excluding steroid dienone is 1. The van der Waals surface area contributed by atoms with Crippen molar-refractivity contribution in [3.63, 3.8) is 0 Å². The van der Waals surface area contributed by atoms with E-state index in [1.807, 2.05) is 11.0 Å². The van der Waals surface area contributed by atoms with Crippen LogP contribution in [0, 0.1) is 0 Å². The summed E-state index contributed by atoms with van der Waals surface area (Å²) >= 11 is 0. The molecule has 6 nitrogen and oxygen atoms in total. The Morgan fingerprint density at radius 1 is 1.21 bits per heavy atom. The number of nitrogens with zero attached hydrogens (tertiary/aromatic N) is 1. The van der Waals surface area contributed by atoms with Crippen molar-refractivity contribution in [1.82, 2.24) is 4.90 Å². The molecule has 1 aliphatic rings. The molecule has 0 aromatic heterocycles. The summed E-state index contributed by atoms with van der Waals surface area (Å²) in [5, 5.41) is 17.2. The molecule has 24 heavy (non-hydrogen) atoms. The number of aliphatic hydroxyl groups is 1. The number of rotatable bonds is 13. The normalized spacial score (nSPS) is 18.3.